The monoisotopic (exact) mass is 316 g/mol. The van der Waals surface area contributed by atoms with Gasteiger partial charge in [0.15, 0.2) is 0 Å². The molecule has 0 radical (unpaired) electrons. The van der Waals surface area contributed by atoms with E-state index < -0.39 is 0 Å². The molecule has 120 valence electrons. The Morgan fingerprint density at radius 3 is 1.90 bits per heavy atom. The lowest BCUT2D eigenvalue weighted by molar-refractivity contribution is 0.0179. The summed E-state index contributed by atoms with van der Waals surface area (Å²) in [4.78, 5) is 0. The Kier molecular flexibility index (Phi) is 9.42. The van der Waals surface area contributed by atoms with Crippen LogP contribution in [0.5, 0.6) is 5.75 Å². The van der Waals surface area contributed by atoms with Gasteiger partial charge in [-0.05, 0) is 30.5 Å². The fourth-order valence-corrected chi connectivity index (χ4v) is 2.17. The zero-order chi connectivity index (χ0) is 15.5. The molecule has 1 aromatic rings. The van der Waals surface area contributed by atoms with Crippen LogP contribution in [-0.2, 0) is 20.1 Å². The van der Waals surface area contributed by atoms with E-state index in [0.717, 1.165) is 22.4 Å². The van der Waals surface area contributed by atoms with Crippen LogP contribution >= 0.6 is 11.6 Å². The first-order valence-electron chi connectivity index (χ1n) is 7.12. The van der Waals surface area contributed by atoms with E-state index in [9.17, 15) is 0 Å². The molecule has 0 fully saturated rings. The van der Waals surface area contributed by atoms with Crippen molar-refractivity contribution in [2.24, 2.45) is 0 Å². The van der Waals surface area contributed by atoms with Crippen LogP contribution in [0.3, 0.4) is 0 Å². The van der Waals surface area contributed by atoms with Gasteiger partial charge >= 0.3 is 0 Å². The highest BCUT2D eigenvalue weighted by Crippen LogP contribution is 2.25. The number of ether oxygens (including phenoxy) is 4. The van der Waals surface area contributed by atoms with Crippen molar-refractivity contribution in [3.05, 3.63) is 28.8 Å². The van der Waals surface area contributed by atoms with Crippen molar-refractivity contribution in [2.75, 3.05) is 46.8 Å². The minimum absolute atomic E-state index is 0.522. The summed E-state index contributed by atoms with van der Waals surface area (Å²) in [7, 11) is 1.65. The largest absolute Gasteiger partial charge is 0.491 e. The van der Waals surface area contributed by atoms with Crippen LogP contribution in [0.25, 0.3) is 0 Å². The van der Waals surface area contributed by atoms with Crippen LogP contribution in [0.1, 0.15) is 16.7 Å². The molecular formula is C16H25ClO4. The summed E-state index contributed by atoms with van der Waals surface area (Å²) < 4.78 is 21.4. The smallest absolute Gasteiger partial charge is 0.125 e. The molecular weight excluding hydrogens is 292 g/mol. The van der Waals surface area contributed by atoms with E-state index in [1.807, 2.05) is 13.8 Å². The van der Waals surface area contributed by atoms with E-state index in [1.54, 1.807) is 7.11 Å². The SMILES string of the molecule is COCCOCCOCCOc1c(C)cc(CCl)cc1C. The second-order valence-corrected chi connectivity index (χ2v) is 5.03. The molecule has 1 rings (SSSR count). The minimum atomic E-state index is 0.522. The van der Waals surface area contributed by atoms with Gasteiger partial charge in [-0.1, -0.05) is 12.1 Å². The van der Waals surface area contributed by atoms with Crippen molar-refractivity contribution < 1.29 is 18.9 Å². The lowest BCUT2D eigenvalue weighted by Gasteiger charge is -2.13. The Balaban J connectivity index is 2.18. The Bertz CT molecular complexity index is 386. The normalized spacial score (nSPS) is 10.9. The summed E-state index contributed by atoms with van der Waals surface area (Å²) in [6.07, 6.45) is 0. The van der Waals surface area contributed by atoms with Gasteiger partial charge in [0.2, 0.25) is 0 Å². The highest BCUT2D eigenvalue weighted by Gasteiger charge is 2.06. The average molecular weight is 317 g/mol. The molecule has 0 saturated carbocycles. The van der Waals surface area contributed by atoms with E-state index >= 15 is 0 Å². The van der Waals surface area contributed by atoms with Gasteiger partial charge in [-0.15, -0.1) is 11.6 Å². The first kappa shape index (κ1) is 18.2. The van der Waals surface area contributed by atoms with Crippen molar-refractivity contribution in [1.82, 2.24) is 0 Å². The Morgan fingerprint density at radius 2 is 1.38 bits per heavy atom. The van der Waals surface area contributed by atoms with Crippen molar-refractivity contribution in [3.8, 4) is 5.75 Å². The molecule has 0 aromatic heterocycles. The zero-order valence-corrected chi connectivity index (χ0v) is 13.9. The summed E-state index contributed by atoms with van der Waals surface area (Å²) in [5, 5.41) is 0. The number of alkyl halides is 1. The topological polar surface area (TPSA) is 36.9 Å². The summed E-state index contributed by atoms with van der Waals surface area (Å²) in [6.45, 7) is 7.49. The summed E-state index contributed by atoms with van der Waals surface area (Å²) in [5.74, 6) is 1.44. The molecule has 0 atom stereocenters. The van der Waals surface area contributed by atoms with Gasteiger partial charge in [0.05, 0.1) is 33.0 Å². The molecule has 21 heavy (non-hydrogen) atoms. The van der Waals surface area contributed by atoms with Crippen molar-refractivity contribution in [3.63, 3.8) is 0 Å². The van der Waals surface area contributed by atoms with E-state index in [0.29, 0.717) is 45.5 Å². The Labute approximate surface area is 132 Å². The standard InChI is InChI=1S/C16H25ClO4/c1-13-10-15(12-17)11-14(2)16(13)21-9-8-20-7-6-19-5-4-18-3/h10-11H,4-9,12H2,1-3H3. The molecule has 0 spiro atoms. The maximum Gasteiger partial charge on any atom is 0.125 e. The van der Waals surface area contributed by atoms with Gasteiger partial charge in [0.1, 0.15) is 12.4 Å². The molecule has 4 nitrogen and oxygen atoms in total. The maximum absolute atomic E-state index is 5.85. The van der Waals surface area contributed by atoms with Crippen LogP contribution < -0.4 is 4.74 Å². The molecule has 0 heterocycles. The summed E-state index contributed by atoms with van der Waals surface area (Å²) >= 11 is 5.85. The summed E-state index contributed by atoms with van der Waals surface area (Å²) in [5.41, 5.74) is 3.32. The third kappa shape index (κ3) is 7.14. The predicted molar refractivity (Wildman–Crippen MR) is 84.5 cm³/mol. The lowest BCUT2D eigenvalue weighted by atomic mass is 10.1. The first-order valence-corrected chi connectivity index (χ1v) is 7.65. The summed E-state index contributed by atoms with van der Waals surface area (Å²) in [6, 6.07) is 4.11. The molecule has 5 heteroatoms. The molecule has 0 saturated heterocycles. The van der Waals surface area contributed by atoms with Crippen LogP contribution in [-0.4, -0.2) is 46.8 Å². The maximum atomic E-state index is 5.85. The van der Waals surface area contributed by atoms with Gasteiger partial charge in [-0.3, -0.25) is 0 Å². The van der Waals surface area contributed by atoms with Crippen LogP contribution in [0, 0.1) is 13.8 Å². The molecule has 0 aliphatic heterocycles. The number of hydrogen-bond acceptors (Lipinski definition) is 4. The highest BCUT2D eigenvalue weighted by atomic mass is 35.5. The van der Waals surface area contributed by atoms with Crippen LogP contribution in [0.4, 0.5) is 0 Å². The zero-order valence-electron chi connectivity index (χ0n) is 13.1. The molecule has 0 aliphatic carbocycles. The predicted octanol–water partition coefficient (Wildman–Crippen LogP) is 3.10. The molecule has 1 aromatic carbocycles. The molecule has 0 aliphatic rings. The number of rotatable bonds is 11. The quantitative estimate of drug-likeness (QED) is 0.464. The average Bonchev–Trinajstić information content (AvgIpc) is 2.47. The van der Waals surface area contributed by atoms with E-state index in [-0.39, 0.29) is 0 Å². The van der Waals surface area contributed by atoms with Gasteiger partial charge in [0, 0.05) is 13.0 Å². The van der Waals surface area contributed by atoms with Crippen molar-refractivity contribution in [2.45, 2.75) is 19.7 Å². The van der Waals surface area contributed by atoms with Crippen molar-refractivity contribution >= 4 is 11.6 Å². The molecule has 0 bridgehead atoms. The van der Waals surface area contributed by atoms with Crippen molar-refractivity contribution in [1.29, 1.82) is 0 Å². The number of halogens is 1. The molecule has 0 N–H and O–H groups in total. The first-order chi connectivity index (χ1) is 10.2. The van der Waals surface area contributed by atoms with Gasteiger partial charge in [-0.2, -0.15) is 0 Å². The molecule has 0 unspecified atom stereocenters. The van der Waals surface area contributed by atoms with E-state index in [1.165, 1.54) is 0 Å². The number of aryl methyl sites for hydroxylation is 2. The lowest BCUT2D eigenvalue weighted by Crippen LogP contribution is -2.13. The highest BCUT2D eigenvalue weighted by molar-refractivity contribution is 6.17. The Hall–Kier alpha value is -0.810. The fraction of sp³-hybridized carbons (Fsp3) is 0.625. The van der Waals surface area contributed by atoms with Crippen LogP contribution in [0.15, 0.2) is 12.1 Å². The second kappa shape index (κ2) is 10.9. The number of benzene rings is 1. The van der Waals surface area contributed by atoms with Gasteiger partial charge in [-0.25, -0.2) is 0 Å². The minimum Gasteiger partial charge on any atom is -0.491 e. The second-order valence-electron chi connectivity index (χ2n) is 4.76. The fourth-order valence-electron chi connectivity index (χ4n) is 2.01. The van der Waals surface area contributed by atoms with Gasteiger partial charge in [0.25, 0.3) is 0 Å². The van der Waals surface area contributed by atoms with E-state index in [2.05, 4.69) is 12.1 Å². The molecule has 0 amide bonds. The third-order valence-corrected chi connectivity index (χ3v) is 3.26. The number of hydrogen-bond donors (Lipinski definition) is 0. The Morgan fingerprint density at radius 1 is 0.857 bits per heavy atom. The van der Waals surface area contributed by atoms with E-state index in [4.69, 9.17) is 30.5 Å². The van der Waals surface area contributed by atoms with Gasteiger partial charge < -0.3 is 18.9 Å². The van der Waals surface area contributed by atoms with Crippen LogP contribution in [0.2, 0.25) is 0 Å². The number of methoxy groups -OCH3 is 1. The third-order valence-electron chi connectivity index (χ3n) is 2.95.